The molecule has 0 atom stereocenters. The molecule has 0 spiro atoms. The van der Waals surface area contributed by atoms with E-state index in [0.717, 1.165) is 24.8 Å². The van der Waals surface area contributed by atoms with Gasteiger partial charge < -0.3 is 5.73 Å². The molecule has 0 aliphatic rings. The summed E-state index contributed by atoms with van der Waals surface area (Å²) in [6.07, 6.45) is 3.42. The fraction of sp³-hybridized carbons (Fsp3) is 0.462. The summed E-state index contributed by atoms with van der Waals surface area (Å²) in [6.45, 7) is 2.76. The number of nitrogens with two attached hydrogens (primary N) is 1. The third-order valence-corrected chi connectivity index (χ3v) is 2.52. The van der Waals surface area contributed by atoms with Crippen LogP contribution >= 0.6 is 0 Å². The number of hydrogen-bond acceptors (Lipinski definition) is 2. The summed E-state index contributed by atoms with van der Waals surface area (Å²) in [5.74, 6) is 0.235. The SMILES string of the molecule is CCc1cccc(C(=O)CCCCN)c1. The van der Waals surface area contributed by atoms with Crippen molar-refractivity contribution in [1.29, 1.82) is 0 Å². The molecular formula is C13H19NO. The molecule has 0 heterocycles. The number of benzene rings is 1. The van der Waals surface area contributed by atoms with Crippen LogP contribution in [0.25, 0.3) is 0 Å². The zero-order chi connectivity index (χ0) is 11.1. The van der Waals surface area contributed by atoms with Gasteiger partial charge in [-0.05, 0) is 37.4 Å². The Kier molecular flexibility index (Phi) is 5.05. The van der Waals surface area contributed by atoms with Crippen LogP contribution in [0.15, 0.2) is 24.3 Å². The maximum Gasteiger partial charge on any atom is 0.162 e. The minimum absolute atomic E-state index is 0.235. The Labute approximate surface area is 91.5 Å². The molecule has 0 bridgehead atoms. The third kappa shape index (κ3) is 3.84. The fourth-order valence-corrected chi connectivity index (χ4v) is 1.54. The van der Waals surface area contributed by atoms with Gasteiger partial charge in [0.1, 0.15) is 0 Å². The van der Waals surface area contributed by atoms with Gasteiger partial charge in [0.2, 0.25) is 0 Å². The molecule has 0 saturated carbocycles. The van der Waals surface area contributed by atoms with Gasteiger partial charge in [0.15, 0.2) is 5.78 Å². The molecule has 2 nitrogen and oxygen atoms in total. The molecule has 0 aliphatic heterocycles. The molecule has 15 heavy (non-hydrogen) atoms. The van der Waals surface area contributed by atoms with Gasteiger partial charge >= 0.3 is 0 Å². The number of Topliss-reactive ketones (excluding diaryl/α,β-unsaturated/α-hetero) is 1. The Bertz CT molecular complexity index is 320. The van der Waals surface area contributed by atoms with Crippen molar-refractivity contribution in [3.8, 4) is 0 Å². The summed E-state index contributed by atoms with van der Waals surface area (Å²) < 4.78 is 0. The first kappa shape index (κ1) is 11.9. The molecular weight excluding hydrogens is 186 g/mol. The Morgan fingerprint density at radius 1 is 1.33 bits per heavy atom. The van der Waals surface area contributed by atoms with Gasteiger partial charge in [0, 0.05) is 12.0 Å². The van der Waals surface area contributed by atoms with Crippen LogP contribution in [0.5, 0.6) is 0 Å². The fourth-order valence-electron chi connectivity index (χ4n) is 1.54. The zero-order valence-electron chi connectivity index (χ0n) is 9.33. The maximum atomic E-state index is 11.7. The largest absolute Gasteiger partial charge is 0.330 e. The van der Waals surface area contributed by atoms with Crippen LogP contribution in [0.4, 0.5) is 0 Å². The summed E-state index contributed by atoms with van der Waals surface area (Å²) in [6, 6.07) is 7.89. The van der Waals surface area contributed by atoms with Gasteiger partial charge in [-0.2, -0.15) is 0 Å². The lowest BCUT2D eigenvalue weighted by atomic mass is 10.0. The molecule has 0 fully saturated rings. The topological polar surface area (TPSA) is 43.1 Å². The van der Waals surface area contributed by atoms with Crippen LogP contribution in [-0.4, -0.2) is 12.3 Å². The predicted molar refractivity (Wildman–Crippen MR) is 63.1 cm³/mol. The monoisotopic (exact) mass is 205 g/mol. The summed E-state index contributed by atoms with van der Waals surface area (Å²) in [7, 11) is 0. The van der Waals surface area contributed by atoms with Gasteiger partial charge in [0.05, 0.1) is 0 Å². The van der Waals surface area contributed by atoms with Gasteiger partial charge in [-0.3, -0.25) is 4.79 Å². The lowest BCUT2D eigenvalue weighted by Gasteiger charge is -2.02. The molecule has 82 valence electrons. The van der Waals surface area contributed by atoms with E-state index < -0.39 is 0 Å². The first-order valence-electron chi connectivity index (χ1n) is 5.60. The molecule has 0 amide bonds. The van der Waals surface area contributed by atoms with E-state index in [1.165, 1.54) is 5.56 Å². The Morgan fingerprint density at radius 3 is 2.80 bits per heavy atom. The second-order valence-corrected chi connectivity index (χ2v) is 3.72. The van der Waals surface area contributed by atoms with E-state index in [9.17, 15) is 4.79 Å². The summed E-state index contributed by atoms with van der Waals surface area (Å²) >= 11 is 0. The van der Waals surface area contributed by atoms with Gasteiger partial charge in [-0.15, -0.1) is 0 Å². The molecule has 2 heteroatoms. The number of ketones is 1. The van der Waals surface area contributed by atoms with Crippen molar-refractivity contribution in [3.05, 3.63) is 35.4 Å². The number of hydrogen-bond donors (Lipinski definition) is 1. The number of aryl methyl sites for hydroxylation is 1. The van der Waals surface area contributed by atoms with Crippen LogP contribution < -0.4 is 5.73 Å². The van der Waals surface area contributed by atoms with Crippen molar-refractivity contribution in [2.24, 2.45) is 5.73 Å². The lowest BCUT2D eigenvalue weighted by molar-refractivity contribution is 0.0979. The summed E-state index contributed by atoms with van der Waals surface area (Å²) in [4.78, 5) is 11.7. The van der Waals surface area contributed by atoms with Crippen molar-refractivity contribution in [2.75, 3.05) is 6.54 Å². The second kappa shape index (κ2) is 6.36. The van der Waals surface area contributed by atoms with Crippen LogP contribution in [0.1, 0.15) is 42.1 Å². The Hall–Kier alpha value is -1.15. The Morgan fingerprint density at radius 2 is 2.13 bits per heavy atom. The smallest absolute Gasteiger partial charge is 0.162 e. The van der Waals surface area contributed by atoms with Crippen LogP contribution in [0.3, 0.4) is 0 Å². The number of carbonyl (C=O) groups is 1. The molecule has 2 N–H and O–H groups in total. The normalized spacial score (nSPS) is 10.3. The highest BCUT2D eigenvalue weighted by Gasteiger charge is 2.05. The van der Waals surface area contributed by atoms with E-state index in [1.807, 2.05) is 18.2 Å². The maximum absolute atomic E-state index is 11.7. The van der Waals surface area contributed by atoms with Crippen molar-refractivity contribution in [3.63, 3.8) is 0 Å². The molecule has 0 saturated heterocycles. The van der Waals surface area contributed by atoms with Gasteiger partial charge in [0.25, 0.3) is 0 Å². The van der Waals surface area contributed by atoms with Crippen LogP contribution in [0.2, 0.25) is 0 Å². The number of unbranched alkanes of at least 4 members (excludes halogenated alkanes) is 1. The molecule has 0 aromatic heterocycles. The predicted octanol–water partition coefficient (Wildman–Crippen LogP) is 2.56. The Balaban J connectivity index is 2.57. The highest BCUT2D eigenvalue weighted by molar-refractivity contribution is 5.96. The summed E-state index contributed by atoms with van der Waals surface area (Å²) in [5.41, 5.74) is 7.45. The van der Waals surface area contributed by atoms with E-state index >= 15 is 0 Å². The minimum atomic E-state index is 0.235. The highest BCUT2D eigenvalue weighted by Crippen LogP contribution is 2.10. The van der Waals surface area contributed by atoms with E-state index in [2.05, 4.69) is 13.0 Å². The average Bonchev–Trinajstić information content (AvgIpc) is 2.29. The first-order chi connectivity index (χ1) is 7.27. The van der Waals surface area contributed by atoms with Crippen LogP contribution in [-0.2, 0) is 6.42 Å². The molecule has 1 rings (SSSR count). The van der Waals surface area contributed by atoms with Gasteiger partial charge in [-0.25, -0.2) is 0 Å². The molecule has 0 radical (unpaired) electrons. The van der Waals surface area contributed by atoms with E-state index in [0.29, 0.717) is 13.0 Å². The minimum Gasteiger partial charge on any atom is -0.330 e. The summed E-state index contributed by atoms with van der Waals surface area (Å²) in [5, 5.41) is 0. The zero-order valence-corrected chi connectivity index (χ0v) is 9.33. The number of carbonyl (C=O) groups excluding carboxylic acids is 1. The van der Waals surface area contributed by atoms with Crippen molar-refractivity contribution >= 4 is 5.78 Å². The van der Waals surface area contributed by atoms with Gasteiger partial charge in [-0.1, -0.05) is 25.1 Å². The highest BCUT2D eigenvalue weighted by atomic mass is 16.1. The van der Waals surface area contributed by atoms with Crippen molar-refractivity contribution in [2.45, 2.75) is 32.6 Å². The molecule has 0 unspecified atom stereocenters. The lowest BCUT2D eigenvalue weighted by Crippen LogP contribution is -2.03. The average molecular weight is 205 g/mol. The van der Waals surface area contributed by atoms with Crippen molar-refractivity contribution in [1.82, 2.24) is 0 Å². The molecule has 1 aromatic rings. The van der Waals surface area contributed by atoms with Crippen LogP contribution in [0, 0.1) is 0 Å². The second-order valence-electron chi connectivity index (χ2n) is 3.72. The quantitative estimate of drug-likeness (QED) is 0.573. The van der Waals surface area contributed by atoms with E-state index in [4.69, 9.17) is 5.73 Å². The van der Waals surface area contributed by atoms with E-state index in [1.54, 1.807) is 0 Å². The third-order valence-electron chi connectivity index (χ3n) is 2.52. The molecule has 0 aliphatic carbocycles. The first-order valence-corrected chi connectivity index (χ1v) is 5.60. The van der Waals surface area contributed by atoms with E-state index in [-0.39, 0.29) is 5.78 Å². The number of rotatable bonds is 6. The standard InChI is InChI=1S/C13H19NO/c1-2-11-6-5-7-12(10-11)13(15)8-3-4-9-14/h5-7,10H,2-4,8-9,14H2,1H3. The van der Waals surface area contributed by atoms with Crippen molar-refractivity contribution < 1.29 is 4.79 Å². The molecule has 1 aromatic carbocycles.